The van der Waals surface area contributed by atoms with Crippen LogP contribution >= 0.6 is 0 Å². The molecule has 2 heterocycles. The van der Waals surface area contributed by atoms with Crippen molar-refractivity contribution in [1.29, 1.82) is 0 Å². The molecule has 0 aliphatic carbocycles. The third-order valence-corrected chi connectivity index (χ3v) is 4.32. The molecule has 2 aromatic rings. The highest BCUT2D eigenvalue weighted by Gasteiger charge is 2.34. The first kappa shape index (κ1) is 18.0. The molecule has 3 rings (SSSR count). The van der Waals surface area contributed by atoms with Crippen molar-refractivity contribution < 1.29 is 18.4 Å². The zero-order valence-corrected chi connectivity index (χ0v) is 14.1. The minimum absolute atomic E-state index is 0.280. The normalized spacial score (nSPS) is 16.7. The van der Waals surface area contributed by atoms with E-state index in [0.717, 1.165) is 11.3 Å². The Balaban J connectivity index is 1.77. The summed E-state index contributed by atoms with van der Waals surface area (Å²) in [4.78, 5) is 30.7. The summed E-state index contributed by atoms with van der Waals surface area (Å²) in [7, 11) is 0. The number of alkyl halides is 2. The lowest BCUT2D eigenvalue weighted by molar-refractivity contribution is -0.125. The first-order valence-corrected chi connectivity index (χ1v) is 8.44. The van der Waals surface area contributed by atoms with Gasteiger partial charge in [0.1, 0.15) is 6.04 Å². The third kappa shape index (κ3) is 4.04. The fraction of sp³-hybridized carbons (Fsp3) is 0.316. The SMILES string of the molecule is O=C(NCC(F)F)C1CCCN1C(=O)c1cccc(-c2ccccn2)c1. The van der Waals surface area contributed by atoms with Crippen molar-refractivity contribution in [3.63, 3.8) is 0 Å². The van der Waals surface area contributed by atoms with E-state index >= 15 is 0 Å². The first-order valence-electron chi connectivity index (χ1n) is 8.44. The van der Waals surface area contributed by atoms with Crippen LogP contribution in [0.1, 0.15) is 23.2 Å². The Morgan fingerprint density at radius 1 is 1.23 bits per heavy atom. The van der Waals surface area contributed by atoms with Crippen LogP contribution in [0, 0.1) is 0 Å². The topological polar surface area (TPSA) is 62.3 Å². The number of halogens is 2. The van der Waals surface area contributed by atoms with E-state index in [1.807, 2.05) is 24.3 Å². The molecular formula is C19H19F2N3O2. The fourth-order valence-corrected chi connectivity index (χ4v) is 3.09. The molecule has 0 spiro atoms. The Bertz CT molecular complexity index is 783. The van der Waals surface area contributed by atoms with E-state index in [1.165, 1.54) is 4.90 Å². The second-order valence-corrected chi connectivity index (χ2v) is 6.09. The molecule has 2 amide bonds. The van der Waals surface area contributed by atoms with Gasteiger partial charge in [0.15, 0.2) is 0 Å². The summed E-state index contributed by atoms with van der Waals surface area (Å²) in [6, 6.07) is 11.8. The maximum Gasteiger partial charge on any atom is 0.255 e. The Morgan fingerprint density at radius 2 is 2.08 bits per heavy atom. The third-order valence-electron chi connectivity index (χ3n) is 4.32. The number of nitrogens with zero attached hydrogens (tertiary/aromatic N) is 2. The summed E-state index contributed by atoms with van der Waals surface area (Å²) in [5.74, 6) is -0.811. The lowest BCUT2D eigenvalue weighted by Gasteiger charge is -2.24. The number of aromatic nitrogens is 1. The fourth-order valence-electron chi connectivity index (χ4n) is 3.09. The molecule has 1 aromatic carbocycles. The lowest BCUT2D eigenvalue weighted by atomic mass is 10.1. The van der Waals surface area contributed by atoms with Gasteiger partial charge in [0.05, 0.1) is 12.2 Å². The number of hydrogen-bond donors (Lipinski definition) is 1. The van der Waals surface area contributed by atoms with E-state index in [0.29, 0.717) is 24.9 Å². The van der Waals surface area contributed by atoms with Gasteiger partial charge in [0.2, 0.25) is 5.91 Å². The van der Waals surface area contributed by atoms with Gasteiger partial charge in [-0.3, -0.25) is 14.6 Å². The Hall–Kier alpha value is -2.83. The molecule has 1 aliphatic rings. The highest BCUT2D eigenvalue weighted by atomic mass is 19.3. The highest BCUT2D eigenvalue weighted by Crippen LogP contribution is 2.23. The van der Waals surface area contributed by atoms with Crippen LogP contribution in [0.15, 0.2) is 48.7 Å². The van der Waals surface area contributed by atoms with Crippen molar-refractivity contribution in [2.45, 2.75) is 25.3 Å². The Kier molecular flexibility index (Phi) is 5.55. The smallest absolute Gasteiger partial charge is 0.255 e. The maximum absolute atomic E-state index is 12.9. The zero-order valence-electron chi connectivity index (χ0n) is 14.1. The average Bonchev–Trinajstić information content (AvgIpc) is 3.16. The van der Waals surface area contributed by atoms with E-state index in [4.69, 9.17) is 0 Å². The molecule has 1 atom stereocenters. The van der Waals surface area contributed by atoms with E-state index in [1.54, 1.807) is 24.4 Å². The Labute approximate surface area is 150 Å². The highest BCUT2D eigenvalue weighted by molar-refractivity contribution is 5.98. The van der Waals surface area contributed by atoms with Crippen LogP contribution in [-0.2, 0) is 4.79 Å². The second kappa shape index (κ2) is 8.03. The molecule has 0 radical (unpaired) electrons. The molecule has 1 aromatic heterocycles. The van der Waals surface area contributed by atoms with Gasteiger partial charge in [-0.05, 0) is 37.1 Å². The number of amides is 2. The van der Waals surface area contributed by atoms with Crippen molar-refractivity contribution in [2.24, 2.45) is 0 Å². The van der Waals surface area contributed by atoms with E-state index in [2.05, 4.69) is 10.3 Å². The van der Waals surface area contributed by atoms with Crippen LogP contribution in [0.3, 0.4) is 0 Å². The summed E-state index contributed by atoms with van der Waals surface area (Å²) in [5, 5.41) is 2.20. The second-order valence-electron chi connectivity index (χ2n) is 6.09. The number of pyridine rings is 1. The number of carbonyl (C=O) groups is 2. The van der Waals surface area contributed by atoms with Gasteiger partial charge >= 0.3 is 0 Å². The largest absolute Gasteiger partial charge is 0.349 e. The quantitative estimate of drug-likeness (QED) is 0.893. The van der Waals surface area contributed by atoms with Crippen molar-refractivity contribution in [2.75, 3.05) is 13.1 Å². The lowest BCUT2D eigenvalue weighted by Crippen LogP contribution is -2.46. The molecular weight excluding hydrogens is 340 g/mol. The van der Waals surface area contributed by atoms with Gasteiger partial charge in [-0.1, -0.05) is 18.2 Å². The molecule has 1 aliphatic heterocycles. The molecule has 1 unspecified atom stereocenters. The summed E-state index contributed by atoms with van der Waals surface area (Å²) < 4.78 is 24.6. The minimum Gasteiger partial charge on any atom is -0.349 e. The Morgan fingerprint density at radius 3 is 2.81 bits per heavy atom. The van der Waals surface area contributed by atoms with Crippen molar-refractivity contribution >= 4 is 11.8 Å². The van der Waals surface area contributed by atoms with Gasteiger partial charge in [-0.15, -0.1) is 0 Å². The van der Waals surface area contributed by atoms with E-state index in [-0.39, 0.29) is 5.91 Å². The summed E-state index contributed by atoms with van der Waals surface area (Å²) in [6.07, 6.45) is 0.201. The molecule has 5 nitrogen and oxygen atoms in total. The predicted octanol–water partition coefficient (Wildman–Crippen LogP) is 2.73. The molecule has 0 saturated carbocycles. The average molecular weight is 359 g/mol. The van der Waals surface area contributed by atoms with Gasteiger partial charge in [-0.25, -0.2) is 8.78 Å². The number of likely N-dealkylation sites (tertiary alicyclic amines) is 1. The van der Waals surface area contributed by atoms with Gasteiger partial charge in [0, 0.05) is 23.9 Å². The number of carbonyl (C=O) groups excluding carboxylic acids is 2. The molecule has 0 bridgehead atoms. The van der Waals surface area contributed by atoms with E-state index < -0.39 is 24.9 Å². The molecule has 7 heteroatoms. The van der Waals surface area contributed by atoms with Crippen molar-refractivity contribution in [3.05, 3.63) is 54.2 Å². The molecule has 26 heavy (non-hydrogen) atoms. The van der Waals surface area contributed by atoms with Crippen LogP contribution in [0.4, 0.5) is 8.78 Å². The van der Waals surface area contributed by atoms with Gasteiger partial charge in [0.25, 0.3) is 12.3 Å². The number of rotatable bonds is 5. The van der Waals surface area contributed by atoms with E-state index in [9.17, 15) is 18.4 Å². The summed E-state index contributed by atoms with van der Waals surface area (Å²) in [5.41, 5.74) is 1.99. The monoisotopic (exact) mass is 359 g/mol. The predicted molar refractivity (Wildman–Crippen MR) is 92.7 cm³/mol. The van der Waals surface area contributed by atoms with Gasteiger partial charge < -0.3 is 10.2 Å². The summed E-state index contributed by atoms with van der Waals surface area (Å²) in [6.45, 7) is -0.272. The molecule has 1 N–H and O–H groups in total. The van der Waals surface area contributed by atoms with Crippen LogP contribution in [0.5, 0.6) is 0 Å². The van der Waals surface area contributed by atoms with Crippen LogP contribution in [0.25, 0.3) is 11.3 Å². The summed E-state index contributed by atoms with van der Waals surface area (Å²) >= 11 is 0. The van der Waals surface area contributed by atoms with Gasteiger partial charge in [-0.2, -0.15) is 0 Å². The number of benzene rings is 1. The van der Waals surface area contributed by atoms with Crippen LogP contribution < -0.4 is 5.32 Å². The standard InChI is InChI=1S/C19H19F2N3O2/c20-17(21)12-23-18(25)16-8-4-10-24(16)19(26)14-6-3-5-13(11-14)15-7-1-2-9-22-15/h1-3,5-7,9,11,16-17H,4,8,10,12H2,(H,23,25). The van der Waals surface area contributed by atoms with Crippen molar-refractivity contribution in [1.82, 2.24) is 15.2 Å². The zero-order chi connectivity index (χ0) is 18.5. The molecule has 136 valence electrons. The number of nitrogens with one attached hydrogen (secondary N) is 1. The van der Waals surface area contributed by atoms with Crippen molar-refractivity contribution in [3.8, 4) is 11.3 Å². The van der Waals surface area contributed by atoms with Crippen LogP contribution in [0.2, 0.25) is 0 Å². The van der Waals surface area contributed by atoms with Crippen LogP contribution in [-0.4, -0.2) is 47.3 Å². The molecule has 1 fully saturated rings. The first-order chi connectivity index (χ1) is 12.6. The maximum atomic E-state index is 12.9. The molecule has 1 saturated heterocycles. The number of hydrogen-bond acceptors (Lipinski definition) is 3. The minimum atomic E-state index is -2.61.